The minimum Gasteiger partial charge on any atom is -0.480 e. The summed E-state index contributed by atoms with van der Waals surface area (Å²) in [4.78, 5) is 34.3. The van der Waals surface area contributed by atoms with Crippen molar-refractivity contribution in [2.75, 3.05) is 18.2 Å². The Bertz CT molecular complexity index is 294. The quantitative estimate of drug-likeness (QED) is 0.656. The highest BCUT2D eigenvalue weighted by atomic mass is 32.2. The summed E-state index contributed by atoms with van der Waals surface area (Å²) in [5.41, 5.74) is 0. The zero-order valence-electron chi connectivity index (χ0n) is 8.23. The van der Waals surface area contributed by atoms with Crippen LogP contribution in [-0.2, 0) is 14.4 Å². The minimum absolute atomic E-state index is 0.0660. The van der Waals surface area contributed by atoms with E-state index in [0.29, 0.717) is 11.6 Å². The molecule has 1 aliphatic rings. The van der Waals surface area contributed by atoms with Crippen molar-refractivity contribution in [1.82, 2.24) is 10.2 Å². The second kappa shape index (κ2) is 5.01. The van der Waals surface area contributed by atoms with Crippen LogP contribution < -0.4 is 5.32 Å². The molecule has 1 unspecified atom stereocenters. The summed E-state index contributed by atoms with van der Waals surface area (Å²) in [6.07, 6.45) is 0. The summed E-state index contributed by atoms with van der Waals surface area (Å²) in [6.45, 7) is 1.31. The van der Waals surface area contributed by atoms with Gasteiger partial charge in [0.25, 0.3) is 0 Å². The first kappa shape index (κ1) is 11.8. The predicted octanol–water partition coefficient (Wildman–Crippen LogP) is -0.891. The van der Waals surface area contributed by atoms with Gasteiger partial charge in [-0.3, -0.25) is 14.4 Å². The number of amides is 2. The molecule has 0 aromatic carbocycles. The van der Waals surface area contributed by atoms with Crippen LogP contribution >= 0.6 is 11.8 Å². The molecule has 0 saturated carbocycles. The molecule has 0 aliphatic carbocycles. The molecular formula is C8H12N2O4S. The molecule has 0 aromatic heterocycles. The molecule has 2 amide bonds. The van der Waals surface area contributed by atoms with Crippen molar-refractivity contribution in [2.45, 2.75) is 13.0 Å². The van der Waals surface area contributed by atoms with Gasteiger partial charge in [0.05, 0.1) is 11.6 Å². The molecule has 1 fully saturated rings. The van der Waals surface area contributed by atoms with E-state index in [1.807, 2.05) is 0 Å². The summed E-state index contributed by atoms with van der Waals surface area (Å²) in [5, 5.41) is 10.8. The van der Waals surface area contributed by atoms with Crippen molar-refractivity contribution < 1.29 is 19.5 Å². The van der Waals surface area contributed by atoms with E-state index in [9.17, 15) is 14.4 Å². The van der Waals surface area contributed by atoms with E-state index in [0.717, 1.165) is 0 Å². The van der Waals surface area contributed by atoms with Crippen molar-refractivity contribution in [3.8, 4) is 0 Å². The normalized spacial score (nSPS) is 17.7. The number of nitrogens with one attached hydrogen (secondary N) is 1. The number of carboxylic acids is 1. The number of carbonyl (C=O) groups is 3. The van der Waals surface area contributed by atoms with Crippen LogP contribution in [0, 0.1) is 0 Å². The SMILES string of the molecule is CC(NC(=O)CN1CSCC1=O)C(=O)O. The lowest BCUT2D eigenvalue weighted by atomic mass is 10.3. The molecule has 0 bridgehead atoms. The molecular weight excluding hydrogens is 220 g/mol. The van der Waals surface area contributed by atoms with E-state index in [4.69, 9.17) is 5.11 Å². The smallest absolute Gasteiger partial charge is 0.325 e. The van der Waals surface area contributed by atoms with Crippen molar-refractivity contribution >= 4 is 29.5 Å². The summed E-state index contributed by atoms with van der Waals surface area (Å²) < 4.78 is 0. The Morgan fingerprint density at radius 3 is 2.80 bits per heavy atom. The Morgan fingerprint density at radius 2 is 2.33 bits per heavy atom. The van der Waals surface area contributed by atoms with Gasteiger partial charge in [-0.1, -0.05) is 0 Å². The first-order chi connectivity index (χ1) is 7.00. The van der Waals surface area contributed by atoms with Crippen LogP contribution in [0.4, 0.5) is 0 Å². The number of hydrogen-bond donors (Lipinski definition) is 2. The van der Waals surface area contributed by atoms with Crippen molar-refractivity contribution in [2.24, 2.45) is 0 Å². The van der Waals surface area contributed by atoms with Crippen molar-refractivity contribution in [1.29, 1.82) is 0 Å². The number of rotatable bonds is 4. The molecule has 1 rings (SSSR count). The molecule has 0 aromatic rings. The van der Waals surface area contributed by atoms with E-state index in [-0.39, 0.29) is 12.5 Å². The van der Waals surface area contributed by atoms with Crippen molar-refractivity contribution in [3.63, 3.8) is 0 Å². The Balaban J connectivity index is 2.35. The third-order valence-corrected chi connectivity index (χ3v) is 2.85. The maximum atomic E-state index is 11.3. The van der Waals surface area contributed by atoms with Gasteiger partial charge in [0.15, 0.2) is 0 Å². The summed E-state index contributed by atoms with van der Waals surface area (Å²) in [5.74, 6) is -0.737. The molecule has 0 spiro atoms. The van der Waals surface area contributed by atoms with Crippen LogP contribution in [0.2, 0.25) is 0 Å². The topological polar surface area (TPSA) is 86.7 Å². The highest BCUT2D eigenvalue weighted by molar-refractivity contribution is 8.00. The van der Waals surface area contributed by atoms with E-state index < -0.39 is 17.9 Å². The first-order valence-electron chi connectivity index (χ1n) is 4.38. The van der Waals surface area contributed by atoms with Gasteiger partial charge in [-0.25, -0.2) is 0 Å². The lowest BCUT2D eigenvalue weighted by Gasteiger charge is -2.15. The molecule has 84 valence electrons. The largest absolute Gasteiger partial charge is 0.480 e. The second-order valence-electron chi connectivity index (χ2n) is 3.20. The van der Waals surface area contributed by atoms with Crippen LogP contribution in [0.25, 0.3) is 0 Å². The minimum atomic E-state index is -1.09. The van der Waals surface area contributed by atoms with Crippen LogP contribution in [0.3, 0.4) is 0 Å². The van der Waals surface area contributed by atoms with Crippen LogP contribution in [0.5, 0.6) is 0 Å². The molecule has 1 saturated heterocycles. The average molecular weight is 232 g/mol. The third-order valence-electron chi connectivity index (χ3n) is 1.91. The Hall–Kier alpha value is -1.24. The maximum absolute atomic E-state index is 11.3. The Morgan fingerprint density at radius 1 is 1.67 bits per heavy atom. The predicted molar refractivity (Wildman–Crippen MR) is 54.3 cm³/mol. The van der Waals surface area contributed by atoms with Gasteiger partial charge in [-0.05, 0) is 6.92 Å². The number of nitrogens with zero attached hydrogens (tertiary/aromatic N) is 1. The maximum Gasteiger partial charge on any atom is 0.325 e. The van der Waals surface area contributed by atoms with Crippen LogP contribution in [-0.4, -0.2) is 52.0 Å². The van der Waals surface area contributed by atoms with Gasteiger partial charge in [-0.15, -0.1) is 11.8 Å². The molecule has 1 atom stereocenters. The van der Waals surface area contributed by atoms with Gasteiger partial charge in [-0.2, -0.15) is 0 Å². The highest BCUT2D eigenvalue weighted by Gasteiger charge is 2.24. The van der Waals surface area contributed by atoms with Gasteiger partial charge in [0.2, 0.25) is 11.8 Å². The van der Waals surface area contributed by atoms with Gasteiger partial charge in [0.1, 0.15) is 12.6 Å². The van der Waals surface area contributed by atoms with Gasteiger partial charge < -0.3 is 15.3 Å². The zero-order valence-corrected chi connectivity index (χ0v) is 9.04. The number of hydrogen-bond acceptors (Lipinski definition) is 4. The van der Waals surface area contributed by atoms with Crippen LogP contribution in [0.15, 0.2) is 0 Å². The van der Waals surface area contributed by atoms with E-state index in [2.05, 4.69) is 5.32 Å². The van der Waals surface area contributed by atoms with E-state index in [1.165, 1.54) is 23.6 Å². The fourth-order valence-corrected chi connectivity index (χ4v) is 1.97. The highest BCUT2D eigenvalue weighted by Crippen LogP contribution is 2.13. The standard InChI is InChI=1S/C8H12N2O4S/c1-5(8(13)14)9-6(11)2-10-4-15-3-7(10)12/h5H,2-4H2,1H3,(H,9,11)(H,13,14). The monoisotopic (exact) mass is 232 g/mol. The summed E-state index contributed by atoms with van der Waals surface area (Å²) >= 11 is 1.44. The fourth-order valence-electron chi connectivity index (χ4n) is 1.06. The zero-order chi connectivity index (χ0) is 11.4. The summed E-state index contributed by atoms with van der Waals surface area (Å²) in [7, 11) is 0. The number of carbonyl (C=O) groups excluding carboxylic acids is 2. The third kappa shape index (κ3) is 3.43. The molecule has 0 radical (unpaired) electrons. The number of aliphatic carboxylic acids is 1. The second-order valence-corrected chi connectivity index (χ2v) is 4.15. The van der Waals surface area contributed by atoms with Gasteiger partial charge in [0, 0.05) is 0 Å². The van der Waals surface area contributed by atoms with Crippen LogP contribution in [0.1, 0.15) is 6.92 Å². The lowest BCUT2D eigenvalue weighted by molar-refractivity contribution is -0.141. The van der Waals surface area contributed by atoms with Gasteiger partial charge >= 0.3 is 5.97 Å². The van der Waals surface area contributed by atoms with Crippen molar-refractivity contribution in [3.05, 3.63) is 0 Å². The average Bonchev–Trinajstić information content (AvgIpc) is 2.51. The van der Waals surface area contributed by atoms with E-state index >= 15 is 0 Å². The first-order valence-corrected chi connectivity index (χ1v) is 5.54. The Labute approximate surface area is 91.0 Å². The molecule has 2 N–H and O–H groups in total. The molecule has 7 heteroatoms. The number of thioether (sulfide) groups is 1. The fraction of sp³-hybridized carbons (Fsp3) is 0.625. The summed E-state index contributed by atoms with van der Waals surface area (Å²) in [6, 6.07) is -0.928. The molecule has 1 heterocycles. The lowest BCUT2D eigenvalue weighted by Crippen LogP contribution is -2.44. The molecule has 1 aliphatic heterocycles. The molecule has 6 nitrogen and oxygen atoms in total. The number of carboxylic acid groups (broad SMARTS) is 1. The molecule has 15 heavy (non-hydrogen) atoms. The van der Waals surface area contributed by atoms with E-state index in [1.54, 1.807) is 0 Å². The Kier molecular flexibility index (Phi) is 3.96.